The monoisotopic (exact) mass is 414 g/mol. The van der Waals surface area contributed by atoms with E-state index in [0.717, 1.165) is 21.7 Å². The van der Waals surface area contributed by atoms with E-state index in [1.807, 2.05) is 26.2 Å². The van der Waals surface area contributed by atoms with Crippen LogP contribution < -0.4 is 9.62 Å². The van der Waals surface area contributed by atoms with Crippen LogP contribution in [0.2, 0.25) is 0 Å². The van der Waals surface area contributed by atoms with Crippen LogP contribution in [-0.2, 0) is 14.8 Å². The predicted octanol–water partition coefficient (Wildman–Crippen LogP) is 3.06. The Bertz CT molecular complexity index is 876. The van der Waals surface area contributed by atoms with Crippen molar-refractivity contribution >= 4 is 49.8 Å². The third kappa shape index (κ3) is 4.95. The number of aryl methyl sites for hydroxylation is 2. The Morgan fingerprint density at radius 1 is 1.27 bits per heavy atom. The van der Waals surface area contributed by atoms with Crippen LogP contribution in [0.15, 0.2) is 22.5 Å². The molecule has 0 spiro atoms. The Morgan fingerprint density at radius 3 is 2.35 bits per heavy atom. The number of nitrogens with one attached hydrogen (secondary N) is 1. The molecule has 2 aromatic rings. The standard InChI is InChI=1S/C16H22N4O3S3/c1-6-13(14(21)17-15-18-19-16(24-4)25-15)20(26(5,22)23)12-8-10(2)7-11(3)9-12/h7-9,13H,6H2,1-5H3,(H,17,18,21)/t13-/m0/s1. The second kappa shape index (κ2) is 8.36. The van der Waals surface area contributed by atoms with Crippen LogP contribution in [-0.4, -0.2) is 43.1 Å². The lowest BCUT2D eigenvalue weighted by Crippen LogP contribution is -2.47. The molecule has 7 nitrogen and oxygen atoms in total. The Hall–Kier alpha value is -1.65. The van der Waals surface area contributed by atoms with E-state index in [4.69, 9.17) is 0 Å². The highest BCUT2D eigenvalue weighted by Gasteiger charge is 2.32. The number of carbonyl (C=O) groups is 1. The summed E-state index contributed by atoms with van der Waals surface area (Å²) in [5.41, 5.74) is 2.34. The summed E-state index contributed by atoms with van der Waals surface area (Å²) in [6.07, 6.45) is 3.30. The minimum atomic E-state index is -3.66. The minimum absolute atomic E-state index is 0.320. The highest BCUT2D eigenvalue weighted by Crippen LogP contribution is 2.27. The molecule has 1 heterocycles. The number of nitrogens with zero attached hydrogens (tertiary/aromatic N) is 3. The van der Waals surface area contributed by atoms with Gasteiger partial charge in [0.05, 0.1) is 11.9 Å². The van der Waals surface area contributed by atoms with Crippen molar-refractivity contribution in [2.24, 2.45) is 0 Å². The van der Waals surface area contributed by atoms with Crippen molar-refractivity contribution in [3.05, 3.63) is 29.3 Å². The zero-order valence-electron chi connectivity index (χ0n) is 15.3. The summed E-state index contributed by atoms with van der Waals surface area (Å²) in [7, 11) is -3.66. The molecule has 0 fully saturated rings. The lowest BCUT2D eigenvalue weighted by atomic mass is 10.1. The number of sulfonamides is 1. The molecule has 1 aromatic heterocycles. The van der Waals surface area contributed by atoms with Gasteiger partial charge in [-0.25, -0.2) is 8.42 Å². The van der Waals surface area contributed by atoms with Crippen LogP contribution in [0.25, 0.3) is 0 Å². The molecule has 1 N–H and O–H groups in total. The van der Waals surface area contributed by atoms with E-state index in [9.17, 15) is 13.2 Å². The van der Waals surface area contributed by atoms with Crippen LogP contribution in [0, 0.1) is 13.8 Å². The molecule has 0 unspecified atom stereocenters. The van der Waals surface area contributed by atoms with Crippen LogP contribution in [0.1, 0.15) is 24.5 Å². The third-order valence-electron chi connectivity index (χ3n) is 3.60. The van der Waals surface area contributed by atoms with Gasteiger partial charge in [-0.15, -0.1) is 10.2 Å². The number of aromatic nitrogens is 2. The van der Waals surface area contributed by atoms with Crippen molar-refractivity contribution in [1.82, 2.24) is 10.2 Å². The number of thioether (sulfide) groups is 1. The number of anilines is 2. The second-order valence-electron chi connectivity index (χ2n) is 5.90. The van der Waals surface area contributed by atoms with Gasteiger partial charge < -0.3 is 0 Å². The summed E-state index contributed by atoms with van der Waals surface area (Å²) in [6, 6.07) is 4.60. The first kappa shape index (κ1) is 20.7. The molecule has 0 radical (unpaired) electrons. The van der Waals surface area contributed by atoms with Crippen molar-refractivity contribution in [3.63, 3.8) is 0 Å². The van der Waals surface area contributed by atoms with Gasteiger partial charge in [0.1, 0.15) is 6.04 Å². The molecular formula is C16H22N4O3S3. The highest BCUT2D eigenvalue weighted by atomic mass is 32.2. The highest BCUT2D eigenvalue weighted by molar-refractivity contribution is 8.00. The smallest absolute Gasteiger partial charge is 0.250 e. The van der Waals surface area contributed by atoms with Gasteiger partial charge in [-0.05, 0) is 49.8 Å². The lowest BCUT2D eigenvalue weighted by molar-refractivity contribution is -0.117. The molecular weight excluding hydrogens is 392 g/mol. The average Bonchev–Trinajstić information content (AvgIpc) is 2.97. The van der Waals surface area contributed by atoms with Crippen LogP contribution >= 0.6 is 23.1 Å². The van der Waals surface area contributed by atoms with Gasteiger partial charge in [0.15, 0.2) is 4.34 Å². The maximum atomic E-state index is 12.8. The van der Waals surface area contributed by atoms with Crippen molar-refractivity contribution in [2.75, 3.05) is 22.1 Å². The van der Waals surface area contributed by atoms with E-state index >= 15 is 0 Å². The topological polar surface area (TPSA) is 92.3 Å². The number of amides is 1. The Labute approximate surface area is 162 Å². The minimum Gasteiger partial charge on any atom is -0.299 e. The van der Waals surface area contributed by atoms with Crippen molar-refractivity contribution < 1.29 is 13.2 Å². The Kier molecular flexibility index (Phi) is 6.64. The van der Waals surface area contributed by atoms with Gasteiger partial charge in [0.25, 0.3) is 0 Å². The molecule has 0 bridgehead atoms. The number of hydrogen-bond acceptors (Lipinski definition) is 7. The maximum absolute atomic E-state index is 12.8. The zero-order valence-corrected chi connectivity index (χ0v) is 17.8. The fourth-order valence-electron chi connectivity index (χ4n) is 2.67. The fraction of sp³-hybridized carbons (Fsp3) is 0.438. The summed E-state index contributed by atoms with van der Waals surface area (Å²) in [5.74, 6) is -0.430. The molecule has 2 rings (SSSR count). The van der Waals surface area contributed by atoms with E-state index in [-0.39, 0.29) is 0 Å². The van der Waals surface area contributed by atoms with Gasteiger partial charge >= 0.3 is 0 Å². The first-order chi connectivity index (χ1) is 12.2. The van der Waals surface area contributed by atoms with Gasteiger partial charge in [-0.2, -0.15) is 0 Å². The van der Waals surface area contributed by atoms with Crippen LogP contribution in [0.4, 0.5) is 10.8 Å². The van der Waals surface area contributed by atoms with Crippen molar-refractivity contribution in [3.8, 4) is 0 Å². The number of hydrogen-bond donors (Lipinski definition) is 1. The molecule has 26 heavy (non-hydrogen) atoms. The quantitative estimate of drug-likeness (QED) is 0.553. The first-order valence-electron chi connectivity index (χ1n) is 7.91. The number of rotatable bonds is 7. The molecule has 1 amide bonds. The summed E-state index contributed by atoms with van der Waals surface area (Å²) < 4.78 is 26.9. The van der Waals surface area contributed by atoms with Crippen LogP contribution in [0.5, 0.6) is 0 Å². The van der Waals surface area contributed by atoms with E-state index in [0.29, 0.717) is 17.2 Å². The summed E-state index contributed by atoms with van der Waals surface area (Å²) in [4.78, 5) is 12.8. The Balaban J connectivity index is 2.39. The third-order valence-corrected chi connectivity index (χ3v) is 6.60. The van der Waals surface area contributed by atoms with Crippen LogP contribution in [0.3, 0.4) is 0 Å². The van der Waals surface area contributed by atoms with E-state index in [2.05, 4.69) is 15.5 Å². The SMILES string of the molecule is CC[C@@H](C(=O)Nc1nnc(SC)s1)N(c1cc(C)cc(C)c1)S(C)(=O)=O. The number of carbonyl (C=O) groups excluding carboxylic acids is 1. The average molecular weight is 415 g/mol. The predicted molar refractivity (Wildman–Crippen MR) is 108 cm³/mol. The van der Waals surface area contributed by atoms with Crippen molar-refractivity contribution in [2.45, 2.75) is 37.6 Å². The summed E-state index contributed by atoms with van der Waals surface area (Å²) in [5, 5.41) is 10.9. The molecule has 0 aliphatic rings. The first-order valence-corrected chi connectivity index (χ1v) is 11.8. The molecule has 0 aliphatic heterocycles. The van der Waals surface area contributed by atoms with Gasteiger partial charge in [-0.3, -0.25) is 14.4 Å². The normalized spacial score (nSPS) is 12.7. The molecule has 0 saturated carbocycles. The van der Waals surface area contributed by atoms with Gasteiger partial charge in [0, 0.05) is 0 Å². The van der Waals surface area contributed by atoms with Crippen molar-refractivity contribution in [1.29, 1.82) is 0 Å². The molecule has 0 saturated heterocycles. The molecule has 142 valence electrons. The largest absolute Gasteiger partial charge is 0.299 e. The van der Waals surface area contributed by atoms with E-state index in [1.54, 1.807) is 19.1 Å². The van der Waals surface area contributed by atoms with E-state index < -0.39 is 22.0 Å². The van der Waals surface area contributed by atoms with Gasteiger partial charge in [0.2, 0.25) is 21.1 Å². The molecule has 1 aromatic carbocycles. The molecule has 0 aliphatic carbocycles. The van der Waals surface area contributed by atoms with Gasteiger partial charge in [-0.1, -0.05) is 36.1 Å². The second-order valence-corrected chi connectivity index (χ2v) is 9.79. The summed E-state index contributed by atoms with van der Waals surface area (Å²) in [6.45, 7) is 5.56. The molecule has 10 heteroatoms. The molecule has 1 atom stereocenters. The van der Waals surface area contributed by atoms with E-state index in [1.165, 1.54) is 27.4 Å². The number of benzene rings is 1. The summed E-state index contributed by atoms with van der Waals surface area (Å²) >= 11 is 2.68. The lowest BCUT2D eigenvalue weighted by Gasteiger charge is -2.30. The maximum Gasteiger partial charge on any atom is 0.250 e. The fourth-order valence-corrected chi connectivity index (χ4v) is 5.04. The zero-order chi connectivity index (χ0) is 19.5. The Morgan fingerprint density at radius 2 is 1.88 bits per heavy atom.